The van der Waals surface area contributed by atoms with Gasteiger partial charge in [-0.25, -0.2) is 0 Å². The summed E-state index contributed by atoms with van der Waals surface area (Å²) in [5.41, 5.74) is 3.41. The number of hydrogen-bond donors (Lipinski definition) is 1. The number of rotatable bonds is 9. The van der Waals surface area contributed by atoms with E-state index in [1.807, 2.05) is 6.07 Å². The number of nitrogens with zero attached hydrogens (tertiary/aromatic N) is 3. The van der Waals surface area contributed by atoms with E-state index in [1.54, 1.807) is 0 Å². The first kappa shape index (κ1) is 31.3. The minimum Gasteiger partial charge on any atom is -0.490 e. The van der Waals surface area contributed by atoms with Gasteiger partial charge in [-0.15, -0.1) is 29.9 Å². The number of ether oxygens (including phenoxy) is 1. The molecule has 2 aromatic rings. The number of benzene rings is 1. The zero-order chi connectivity index (χ0) is 24.6. The first-order chi connectivity index (χ1) is 17.0. The third-order valence-electron chi connectivity index (χ3n) is 7.65. The maximum atomic E-state index is 13.1. The van der Waals surface area contributed by atoms with E-state index in [0.717, 1.165) is 80.4 Å². The standard InChI is InChI=1S/C29H42N4O2.2ClH/c1-4-5-11-27-26(21-12-18-25(19-13-21)35-24-9-7-6-8-10-24)20-28(32-31-27)29(34)30-22-14-16-23(17-15-22)33(2)3;;/h12-13,18-20,22-24H,4-11,14-17H2,1-3H3,(H,30,34);2*1H/t22-,23+;;. The van der Waals surface area contributed by atoms with Crippen molar-refractivity contribution in [3.05, 3.63) is 41.7 Å². The predicted molar refractivity (Wildman–Crippen MR) is 155 cm³/mol. The van der Waals surface area contributed by atoms with E-state index >= 15 is 0 Å². The van der Waals surface area contributed by atoms with E-state index in [1.165, 1.54) is 19.3 Å². The van der Waals surface area contributed by atoms with Gasteiger partial charge in [0, 0.05) is 17.6 Å². The van der Waals surface area contributed by atoms with Gasteiger partial charge < -0.3 is 15.0 Å². The lowest BCUT2D eigenvalue weighted by atomic mass is 9.90. The molecule has 0 radical (unpaired) electrons. The predicted octanol–water partition coefficient (Wildman–Crippen LogP) is 6.64. The first-order valence-electron chi connectivity index (χ1n) is 13.6. The van der Waals surface area contributed by atoms with Crippen LogP contribution in [0.1, 0.15) is 93.7 Å². The van der Waals surface area contributed by atoms with Crippen molar-refractivity contribution < 1.29 is 9.53 Å². The molecule has 8 heteroatoms. The molecule has 4 rings (SSSR count). The molecule has 0 bridgehead atoms. The summed E-state index contributed by atoms with van der Waals surface area (Å²) in [5.74, 6) is 0.801. The number of aromatic nitrogens is 2. The van der Waals surface area contributed by atoms with Gasteiger partial charge >= 0.3 is 0 Å². The Hall–Kier alpha value is -1.89. The number of aryl methyl sites for hydroxylation is 1. The summed E-state index contributed by atoms with van der Waals surface area (Å²) in [7, 11) is 4.27. The summed E-state index contributed by atoms with van der Waals surface area (Å²) in [5, 5.41) is 12.0. The van der Waals surface area contributed by atoms with Crippen molar-refractivity contribution in [2.45, 2.75) is 102 Å². The van der Waals surface area contributed by atoms with E-state index in [4.69, 9.17) is 4.74 Å². The Morgan fingerprint density at radius 3 is 2.27 bits per heavy atom. The van der Waals surface area contributed by atoms with Crippen LogP contribution in [0.25, 0.3) is 11.1 Å². The van der Waals surface area contributed by atoms with Gasteiger partial charge in [0.1, 0.15) is 5.75 Å². The lowest BCUT2D eigenvalue weighted by Gasteiger charge is -2.32. The Morgan fingerprint density at radius 1 is 0.973 bits per heavy atom. The Bertz CT molecular complexity index is 957. The van der Waals surface area contributed by atoms with Crippen molar-refractivity contribution in [2.24, 2.45) is 0 Å². The minimum absolute atomic E-state index is 0. The number of unbranched alkanes of at least 4 members (excludes halogenated alkanes) is 1. The molecule has 1 aromatic heterocycles. The normalized spacial score (nSPS) is 20.0. The Kier molecular flexibility index (Phi) is 13.1. The second-order valence-electron chi connectivity index (χ2n) is 10.5. The largest absolute Gasteiger partial charge is 0.490 e. The van der Waals surface area contributed by atoms with Gasteiger partial charge in [0.15, 0.2) is 5.69 Å². The maximum Gasteiger partial charge on any atom is 0.272 e. The van der Waals surface area contributed by atoms with Crippen LogP contribution in [-0.2, 0) is 6.42 Å². The van der Waals surface area contributed by atoms with Crippen LogP contribution < -0.4 is 10.1 Å². The number of carbonyl (C=O) groups is 1. The van der Waals surface area contributed by atoms with Gasteiger partial charge in [-0.2, -0.15) is 5.10 Å². The quantitative estimate of drug-likeness (QED) is 0.378. The Morgan fingerprint density at radius 2 is 1.65 bits per heavy atom. The van der Waals surface area contributed by atoms with Gasteiger partial charge in [-0.05, 0) is 102 Å². The SMILES string of the molecule is CCCCc1nnc(C(=O)N[C@H]2CC[C@@H](N(C)C)CC2)cc1-c1ccc(OC2CCCCC2)cc1.Cl.Cl. The summed E-state index contributed by atoms with van der Waals surface area (Å²) in [6, 6.07) is 11.0. The molecule has 2 fully saturated rings. The molecule has 2 aliphatic rings. The van der Waals surface area contributed by atoms with Crippen LogP contribution in [0, 0.1) is 0 Å². The molecule has 0 spiro atoms. The Labute approximate surface area is 235 Å². The lowest BCUT2D eigenvalue weighted by Crippen LogP contribution is -2.42. The molecule has 1 aromatic carbocycles. The molecule has 0 unspecified atom stereocenters. The van der Waals surface area contributed by atoms with Crippen LogP contribution in [-0.4, -0.2) is 53.3 Å². The van der Waals surface area contributed by atoms with Gasteiger partial charge in [-0.1, -0.05) is 31.9 Å². The highest BCUT2D eigenvalue weighted by molar-refractivity contribution is 5.93. The van der Waals surface area contributed by atoms with E-state index in [0.29, 0.717) is 17.8 Å². The van der Waals surface area contributed by atoms with Crippen LogP contribution in [0.15, 0.2) is 30.3 Å². The fourth-order valence-corrected chi connectivity index (χ4v) is 5.39. The van der Waals surface area contributed by atoms with Crippen molar-refractivity contribution in [1.29, 1.82) is 0 Å². The first-order valence-corrected chi connectivity index (χ1v) is 13.6. The average molecular weight is 552 g/mol. The van der Waals surface area contributed by atoms with Crippen LogP contribution in [0.4, 0.5) is 0 Å². The molecule has 1 heterocycles. The highest BCUT2D eigenvalue weighted by Crippen LogP contribution is 2.29. The van der Waals surface area contributed by atoms with E-state index < -0.39 is 0 Å². The van der Waals surface area contributed by atoms with Crippen LogP contribution in [0.3, 0.4) is 0 Å². The summed E-state index contributed by atoms with van der Waals surface area (Å²) >= 11 is 0. The zero-order valence-corrected chi connectivity index (χ0v) is 24.2. The number of amides is 1. The Balaban J connectivity index is 0.00000241. The highest BCUT2D eigenvalue weighted by atomic mass is 35.5. The summed E-state index contributed by atoms with van der Waals surface area (Å²) in [4.78, 5) is 15.4. The van der Waals surface area contributed by atoms with Gasteiger partial charge in [0.25, 0.3) is 5.91 Å². The number of hydrogen-bond acceptors (Lipinski definition) is 5. The molecular formula is C29H44Cl2N4O2. The van der Waals surface area contributed by atoms with Gasteiger partial charge in [-0.3, -0.25) is 4.79 Å². The van der Waals surface area contributed by atoms with Crippen LogP contribution in [0.5, 0.6) is 5.75 Å². The van der Waals surface area contributed by atoms with Gasteiger partial charge in [0.05, 0.1) is 11.8 Å². The van der Waals surface area contributed by atoms with Crippen molar-refractivity contribution in [1.82, 2.24) is 20.4 Å². The van der Waals surface area contributed by atoms with E-state index in [2.05, 4.69) is 65.7 Å². The summed E-state index contributed by atoms with van der Waals surface area (Å²) in [6.07, 6.45) is 13.7. The minimum atomic E-state index is -0.119. The fourth-order valence-electron chi connectivity index (χ4n) is 5.39. The zero-order valence-electron chi connectivity index (χ0n) is 22.6. The summed E-state index contributed by atoms with van der Waals surface area (Å²) < 4.78 is 6.21. The average Bonchev–Trinajstić information content (AvgIpc) is 2.89. The second-order valence-corrected chi connectivity index (χ2v) is 10.5. The topological polar surface area (TPSA) is 67.4 Å². The third kappa shape index (κ3) is 8.83. The molecule has 1 amide bonds. The molecular weight excluding hydrogens is 507 g/mol. The maximum absolute atomic E-state index is 13.1. The number of nitrogens with one attached hydrogen (secondary N) is 1. The summed E-state index contributed by atoms with van der Waals surface area (Å²) in [6.45, 7) is 2.18. The molecule has 2 aliphatic carbocycles. The highest BCUT2D eigenvalue weighted by Gasteiger charge is 2.25. The number of carbonyl (C=O) groups excluding carboxylic acids is 1. The van der Waals surface area contributed by atoms with Crippen LogP contribution in [0.2, 0.25) is 0 Å². The third-order valence-corrected chi connectivity index (χ3v) is 7.65. The van der Waals surface area contributed by atoms with Gasteiger partial charge in [0.2, 0.25) is 0 Å². The molecule has 0 aliphatic heterocycles. The lowest BCUT2D eigenvalue weighted by molar-refractivity contribution is 0.0910. The van der Waals surface area contributed by atoms with Crippen molar-refractivity contribution in [2.75, 3.05) is 14.1 Å². The van der Waals surface area contributed by atoms with E-state index in [-0.39, 0.29) is 36.8 Å². The molecule has 0 atom stereocenters. The molecule has 206 valence electrons. The molecule has 37 heavy (non-hydrogen) atoms. The van der Waals surface area contributed by atoms with Crippen molar-refractivity contribution in [3.8, 4) is 16.9 Å². The van der Waals surface area contributed by atoms with E-state index in [9.17, 15) is 4.79 Å². The molecule has 6 nitrogen and oxygen atoms in total. The molecule has 1 N–H and O–H groups in total. The number of halogens is 2. The monoisotopic (exact) mass is 550 g/mol. The molecule has 0 saturated heterocycles. The van der Waals surface area contributed by atoms with Crippen LogP contribution >= 0.6 is 24.8 Å². The van der Waals surface area contributed by atoms with Crippen molar-refractivity contribution >= 4 is 30.7 Å². The molecule has 2 saturated carbocycles. The smallest absolute Gasteiger partial charge is 0.272 e. The second kappa shape index (κ2) is 15.5. The fraction of sp³-hybridized carbons (Fsp3) is 0.621. The van der Waals surface area contributed by atoms with Crippen molar-refractivity contribution in [3.63, 3.8) is 0 Å².